The molecule has 1 rings (SSSR count). The van der Waals surface area contributed by atoms with Gasteiger partial charge in [0.05, 0.1) is 5.54 Å². The van der Waals surface area contributed by atoms with Crippen LogP contribution in [-0.4, -0.2) is 12.1 Å². The molecule has 1 aromatic carbocycles. The summed E-state index contributed by atoms with van der Waals surface area (Å²) in [6.07, 6.45) is 2.21. The van der Waals surface area contributed by atoms with Crippen LogP contribution in [0.1, 0.15) is 46.1 Å². The maximum atomic E-state index is 6.14. The Morgan fingerprint density at radius 2 is 1.58 bits per heavy atom. The minimum absolute atomic E-state index is 0.00838. The van der Waals surface area contributed by atoms with Gasteiger partial charge < -0.3 is 11.1 Å². The lowest BCUT2D eigenvalue weighted by Gasteiger charge is -2.38. The highest BCUT2D eigenvalue weighted by Gasteiger charge is 2.30. The van der Waals surface area contributed by atoms with Crippen LogP contribution in [0.4, 0.5) is 5.69 Å². The summed E-state index contributed by atoms with van der Waals surface area (Å²) in [5, 5.41) is 3.75. The molecule has 0 aliphatic rings. The van der Waals surface area contributed by atoms with E-state index in [0.29, 0.717) is 18.4 Å². The van der Waals surface area contributed by atoms with Crippen molar-refractivity contribution in [3.8, 4) is 0 Å². The highest BCUT2D eigenvalue weighted by atomic mass is 15.0. The molecule has 108 valence electrons. The largest absolute Gasteiger partial charge is 0.378 e. The van der Waals surface area contributed by atoms with Crippen molar-refractivity contribution in [1.82, 2.24) is 0 Å². The van der Waals surface area contributed by atoms with E-state index in [0.717, 1.165) is 12.8 Å². The molecular weight excluding hydrogens is 232 g/mol. The molecule has 0 atom stereocenters. The predicted octanol–water partition coefficient (Wildman–Crippen LogP) is 4.20. The second kappa shape index (κ2) is 6.95. The van der Waals surface area contributed by atoms with Crippen LogP contribution in [0.3, 0.4) is 0 Å². The Morgan fingerprint density at radius 1 is 1.05 bits per heavy atom. The zero-order valence-electron chi connectivity index (χ0n) is 13.2. The van der Waals surface area contributed by atoms with Gasteiger partial charge in [-0.05, 0) is 43.2 Å². The number of aryl methyl sites for hydroxylation is 1. The predicted molar refractivity (Wildman–Crippen MR) is 85.5 cm³/mol. The van der Waals surface area contributed by atoms with Crippen molar-refractivity contribution in [2.24, 2.45) is 17.6 Å². The minimum atomic E-state index is 0.00838. The first-order valence-electron chi connectivity index (χ1n) is 7.42. The van der Waals surface area contributed by atoms with Crippen LogP contribution in [0.15, 0.2) is 24.3 Å². The van der Waals surface area contributed by atoms with Gasteiger partial charge >= 0.3 is 0 Å². The van der Waals surface area contributed by atoms with E-state index in [1.54, 1.807) is 0 Å². The molecule has 0 aliphatic heterocycles. The molecule has 0 aromatic heterocycles. The fourth-order valence-corrected chi connectivity index (χ4v) is 2.96. The van der Waals surface area contributed by atoms with Crippen molar-refractivity contribution in [3.05, 3.63) is 29.8 Å². The monoisotopic (exact) mass is 262 g/mol. The third kappa shape index (κ3) is 4.87. The Kier molecular flexibility index (Phi) is 5.86. The van der Waals surface area contributed by atoms with Crippen LogP contribution < -0.4 is 11.1 Å². The summed E-state index contributed by atoms with van der Waals surface area (Å²) >= 11 is 0. The third-order valence-corrected chi connectivity index (χ3v) is 3.53. The summed E-state index contributed by atoms with van der Waals surface area (Å²) in [4.78, 5) is 0. The molecule has 0 bridgehead atoms. The van der Waals surface area contributed by atoms with Crippen LogP contribution >= 0.6 is 0 Å². The van der Waals surface area contributed by atoms with Gasteiger partial charge in [0.15, 0.2) is 0 Å². The standard InChI is InChI=1S/C17H30N2/c1-13(2)10-17(12-18,11-14(3)4)19-16-9-7-6-8-15(16)5/h6-9,13-14,19H,10-12,18H2,1-5H3. The number of anilines is 1. The molecule has 0 heterocycles. The molecule has 0 saturated heterocycles. The van der Waals surface area contributed by atoms with E-state index in [2.05, 4.69) is 64.2 Å². The van der Waals surface area contributed by atoms with Crippen LogP contribution in [0.5, 0.6) is 0 Å². The number of para-hydroxylation sites is 1. The Labute approximate surface area is 118 Å². The first-order valence-corrected chi connectivity index (χ1v) is 7.42. The molecule has 0 amide bonds. The number of rotatable bonds is 7. The summed E-state index contributed by atoms with van der Waals surface area (Å²) in [5.74, 6) is 1.28. The lowest BCUT2D eigenvalue weighted by molar-refractivity contribution is 0.317. The number of nitrogens with one attached hydrogen (secondary N) is 1. The van der Waals surface area contributed by atoms with Gasteiger partial charge in [0, 0.05) is 12.2 Å². The van der Waals surface area contributed by atoms with Crippen LogP contribution in [0.2, 0.25) is 0 Å². The van der Waals surface area contributed by atoms with Gasteiger partial charge in [0.25, 0.3) is 0 Å². The number of nitrogens with two attached hydrogens (primary N) is 1. The molecule has 0 radical (unpaired) electrons. The fourth-order valence-electron chi connectivity index (χ4n) is 2.96. The van der Waals surface area contributed by atoms with Crippen molar-refractivity contribution >= 4 is 5.69 Å². The minimum Gasteiger partial charge on any atom is -0.378 e. The number of benzene rings is 1. The SMILES string of the molecule is Cc1ccccc1NC(CN)(CC(C)C)CC(C)C. The Hall–Kier alpha value is -1.02. The summed E-state index contributed by atoms with van der Waals surface area (Å²) < 4.78 is 0. The average molecular weight is 262 g/mol. The second-order valence-electron chi connectivity index (χ2n) is 6.62. The molecule has 0 unspecified atom stereocenters. The van der Waals surface area contributed by atoms with Gasteiger partial charge in [0.1, 0.15) is 0 Å². The molecule has 2 nitrogen and oxygen atoms in total. The van der Waals surface area contributed by atoms with Gasteiger partial charge in [-0.1, -0.05) is 45.9 Å². The molecular formula is C17H30N2. The van der Waals surface area contributed by atoms with Gasteiger partial charge in [-0.2, -0.15) is 0 Å². The zero-order chi connectivity index (χ0) is 14.5. The maximum Gasteiger partial charge on any atom is 0.0500 e. The number of hydrogen-bond donors (Lipinski definition) is 2. The van der Waals surface area contributed by atoms with Crippen LogP contribution in [-0.2, 0) is 0 Å². The molecule has 3 N–H and O–H groups in total. The molecule has 19 heavy (non-hydrogen) atoms. The molecule has 0 fully saturated rings. The first kappa shape index (κ1) is 16.0. The summed E-state index contributed by atoms with van der Waals surface area (Å²) in [6.45, 7) is 11.9. The normalized spacial score (nSPS) is 12.2. The lowest BCUT2D eigenvalue weighted by Crippen LogP contribution is -2.47. The Bertz CT molecular complexity index is 373. The summed E-state index contributed by atoms with van der Waals surface area (Å²) in [7, 11) is 0. The average Bonchev–Trinajstić information content (AvgIpc) is 2.30. The van der Waals surface area contributed by atoms with E-state index in [-0.39, 0.29) is 5.54 Å². The Morgan fingerprint density at radius 3 is 2.00 bits per heavy atom. The van der Waals surface area contributed by atoms with Gasteiger partial charge in [-0.3, -0.25) is 0 Å². The van der Waals surface area contributed by atoms with E-state index >= 15 is 0 Å². The highest BCUT2D eigenvalue weighted by molar-refractivity contribution is 5.52. The van der Waals surface area contributed by atoms with E-state index in [1.807, 2.05) is 0 Å². The van der Waals surface area contributed by atoms with Crippen molar-refractivity contribution in [2.75, 3.05) is 11.9 Å². The van der Waals surface area contributed by atoms with E-state index in [1.165, 1.54) is 11.3 Å². The summed E-state index contributed by atoms with van der Waals surface area (Å²) in [6, 6.07) is 8.46. The van der Waals surface area contributed by atoms with Gasteiger partial charge in [-0.15, -0.1) is 0 Å². The molecule has 0 saturated carbocycles. The molecule has 2 heteroatoms. The Balaban J connectivity index is 2.98. The second-order valence-corrected chi connectivity index (χ2v) is 6.62. The van der Waals surface area contributed by atoms with E-state index < -0.39 is 0 Å². The van der Waals surface area contributed by atoms with Crippen molar-refractivity contribution in [3.63, 3.8) is 0 Å². The van der Waals surface area contributed by atoms with Gasteiger partial charge in [-0.25, -0.2) is 0 Å². The smallest absolute Gasteiger partial charge is 0.0500 e. The van der Waals surface area contributed by atoms with Crippen molar-refractivity contribution < 1.29 is 0 Å². The molecule has 0 aliphatic carbocycles. The lowest BCUT2D eigenvalue weighted by atomic mass is 9.81. The quantitative estimate of drug-likeness (QED) is 0.773. The van der Waals surface area contributed by atoms with Gasteiger partial charge in [0.2, 0.25) is 0 Å². The van der Waals surface area contributed by atoms with E-state index in [9.17, 15) is 0 Å². The van der Waals surface area contributed by atoms with Crippen molar-refractivity contribution in [1.29, 1.82) is 0 Å². The first-order chi connectivity index (χ1) is 8.88. The molecule has 0 spiro atoms. The highest BCUT2D eigenvalue weighted by Crippen LogP contribution is 2.29. The maximum absolute atomic E-state index is 6.14. The molecule has 1 aromatic rings. The topological polar surface area (TPSA) is 38.0 Å². The van der Waals surface area contributed by atoms with E-state index in [4.69, 9.17) is 5.73 Å². The summed E-state index contributed by atoms with van der Waals surface area (Å²) in [5.41, 5.74) is 8.65. The number of hydrogen-bond acceptors (Lipinski definition) is 2. The fraction of sp³-hybridized carbons (Fsp3) is 0.647. The van der Waals surface area contributed by atoms with Crippen LogP contribution in [0, 0.1) is 18.8 Å². The zero-order valence-corrected chi connectivity index (χ0v) is 13.2. The van der Waals surface area contributed by atoms with Crippen molar-refractivity contribution in [2.45, 2.75) is 53.0 Å². The van der Waals surface area contributed by atoms with Crippen LogP contribution in [0.25, 0.3) is 0 Å². The third-order valence-electron chi connectivity index (χ3n) is 3.53.